The topological polar surface area (TPSA) is 92.6 Å². The third-order valence-corrected chi connectivity index (χ3v) is 2.86. The van der Waals surface area contributed by atoms with Crippen molar-refractivity contribution in [3.63, 3.8) is 0 Å². The maximum atomic E-state index is 10.5. The van der Waals surface area contributed by atoms with Gasteiger partial charge in [0.1, 0.15) is 0 Å². The van der Waals surface area contributed by atoms with Gasteiger partial charge in [0.15, 0.2) is 0 Å². The third-order valence-electron chi connectivity index (χ3n) is 2.86. The minimum Gasteiger partial charge on any atom is -0.481 e. The molecule has 0 atom stereocenters. The molecule has 0 bridgehead atoms. The van der Waals surface area contributed by atoms with Crippen LogP contribution in [0.4, 0.5) is 11.4 Å². The minimum absolute atomic E-state index is 0.111. The molecule has 0 saturated heterocycles. The molecule has 5 N–H and O–H groups in total. The van der Waals surface area contributed by atoms with Crippen molar-refractivity contribution in [3.05, 3.63) is 23.3 Å². The van der Waals surface area contributed by atoms with Crippen molar-refractivity contribution in [1.29, 1.82) is 0 Å². The highest BCUT2D eigenvalue weighted by atomic mass is 16.4. The number of anilines is 2. The highest BCUT2D eigenvalue weighted by Crippen LogP contribution is 2.28. The highest BCUT2D eigenvalue weighted by molar-refractivity contribution is 5.73. The molecule has 0 unspecified atom stereocenters. The molecule has 0 aliphatic heterocycles. The molecule has 1 rings (SSSR count). The van der Waals surface area contributed by atoms with Crippen molar-refractivity contribution in [2.75, 3.05) is 17.3 Å². The average Bonchev–Trinajstić information content (AvgIpc) is 2.30. The Morgan fingerprint density at radius 2 is 2.12 bits per heavy atom. The monoisotopic (exact) mass is 237 g/mol. The van der Waals surface area contributed by atoms with Crippen LogP contribution in [0, 0.1) is 6.92 Å². The summed E-state index contributed by atoms with van der Waals surface area (Å²) in [7, 11) is 0. The number of rotatable bonds is 5. The molecule has 0 aliphatic rings. The number of aliphatic carboxylic acids is 1. The van der Waals surface area contributed by atoms with Crippen LogP contribution in [-0.4, -0.2) is 17.6 Å². The number of hydrazine groups is 1. The molecule has 0 fully saturated rings. The van der Waals surface area contributed by atoms with Gasteiger partial charge in [0, 0.05) is 13.0 Å². The van der Waals surface area contributed by atoms with Crippen LogP contribution < -0.4 is 16.6 Å². The van der Waals surface area contributed by atoms with Crippen LogP contribution in [0.1, 0.15) is 24.5 Å². The summed E-state index contributed by atoms with van der Waals surface area (Å²) in [6.07, 6.45) is 0.599. The number of nitrogens with zero attached hydrogens (tertiary/aromatic N) is 1. The van der Waals surface area contributed by atoms with E-state index in [-0.39, 0.29) is 6.42 Å². The largest absolute Gasteiger partial charge is 0.481 e. The van der Waals surface area contributed by atoms with Gasteiger partial charge in [-0.15, -0.1) is 0 Å². The first kappa shape index (κ1) is 13.3. The summed E-state index contributed by atoms with van der Waals surface area (Å²) >= 11 is 0. The van der Waals surface area contributed by atoms with Crippen LogP contribution in [0.5, 0.6) is 0 Å². The number of nitrogen functional groups attached to an aromatic ring is 1. The molecule has 17 heavy (non-hydrogen) atoms. The number of carboxylic acid groups (broad SMARTS) is 1. The van der Waals surface area contributed by atoms with Gasteiger partial charge in [0.05, 0.1) is 11.4 Å². The molecule has 0 amide bonds. The summed E-state index contributed by atoms with van der Waals surface area (Å²) in [5, 5.41) is 10.2. The second kappa shape index (κ2) is 5.54. The number of hydrogen-bond donors (Lipinski definition) is 3. The fourth-order valence-corrected chi connectivity index (χ4v) is 1.69. The summed E-state index contributed by atoms with van der Waals surface area (Å²) in [6.45, 7) is 4.49. The van der Waals surface area contributed by atoms with Crippen LogP contribution >= 0.6 is 0 Å². The summed E-state index contributed by atoms with van der Waals surface area (Å²) in [5.74, 6) is 4.99. The Labute approximate surface area is 101 Å². The van der Waals surface area contributed by atoms with Crippen LogP contribution in [0.3, 0.4) is 0 Å². The number of nitrogens with two attached hydrogens (primary N) is 2. The molecule has 0 aliphatic carbocycles. The van der Waals surface area contributed by atoms with Crippen molar-refractivity contribution in [3.8, 4) is 0 Å². The smallest absolute Gasteiger partial charge is 0.303 e. The number of benzene rings is 1. The molecule has 0 aromatic heterocycles. The van der Waals surface area contributed by atoms with Crippen LogP contribution in [0.15, 0.2) is 12.1 Å². The molecule has 0 radical (unpaired) electrons. The first-order valence-corrected chi connectivity index (χ1v) is 5.59. The predicted molar refractivity (Wildman–Crippen MR) is 68.8 cm³/mol. The van der Waals surface area contributed by atoms with Crippen molar-refractivity contribution < 1.29 is 9.90 Å². The van der Waals surface area contributed by atoms with E-state index in [0.29, 0.717) is 18.7 Å². The van der Waals surface area contributed by atoms with Crippen LogP contribution in [0.25, 0.3) is 0 Å². The Kier molecular flexibility index (Phi) is 4.34. The van der Waals surface area contributed by atoms with Gasteiger partial charge < -0.3 is 15.8 Å². The normalized spacial score (nSPS) is 10.3. The fourth-order valence-electron chi connectivity index (χ4n) is 1.69. The van der Waals surface area contributed by atoms with Crippen molar-refractivity contribution in [2.45, 2.75) is 26.7 Å². The third kappa shape index (κ3) is 3.10. The molecule has 1 aromatic rings. The first-order chi connectivity index (χ1) is 7.97. The molecule has 0 spiro atoms. The van der Waals surface area contributed by atoms with E-state index in [1.54, 1.807) is 5.01 Å². The maximum absolute atomic E-state index is 10.5. The zero-order valence-electron chi connectivity index (χ0n) is 10.2. The van der Waals surface area contributed by atoms with Gasteiger partial charge in [0.25, 0.3) is 0 Å². The van der Waals surface area contributed by atoms with Gasteiger partial charge in [-0.3, -0.25) is 4.79 Å². The van der Waals surface area contributed by atoms with E-state index in [1.165, 1.54) is 0 Å². The Balaban J connectivity index is 2.98. The summed E-state index contributed by atoms with van der Waals surface area (Å²) in [6, 6.07) is 3.72. The summed E-state index contributed by atoms with van der Waals surface area (Å²) in [4.78, 5) is 10.5. The highest BCUT2D eigenvalue weighted by Gasteiger charge is 2.10. The van der Waals surface area contributed by atoms with Gasteiger partial charge in [-0.1, -0.05) is 6.07 Å². The molecule has 5 nitrogen and oxygen atoms in total. The van der Waals surface area contributed by atoms with Gasteiger partial charge in [0.2, 0.25) is 0 Å². The SMILES string of the molecule is CCN(N)c1ccc(CCC(=O)O)c(C)c1N. The van der Waals surface area contributed by atoms with Gasteiger partial charge in [-0.2, -0.15) is 0 Å². The molecule has 0 heterocycles. The lowest BCUT2D eigenvalue weighted by Gasteiger charge is -2.21. The Morgan fingerprint density at radius 3 is 2.65 bits per heavy atom. The van der Waals surface area contributed by atoms with E-state index in [1.807, 2.05) is 26.0 Å². The number of aryl methyl sites for hydroxylation is 1. The van der Waals surface area contributed by atoms with E-state index in [2.05, 4.69) is 0 Å². The first-order valence-electron chi connectivity index (χ1n) is 5.59. The fraction of sp³-hybridized carbons (Fsp3) is 0.417. The zero-order valence-corrected chi connectivity index (χ0v) is 10.2. The van der Waals surface area contributed by atoms with E-state index in [9.17, 15) is 4.79 Å². The Morgan fingerprint density at radius 1 is 1.47 bits per heavy atom. The van der Waals surface area contributed by atoms with Gasteiger partial charge in [-0.25, -0.2) is 5.84 Å². The van der Waals surface area contributed by atoms with Crippen molar-refractivity contribution in [1.82, 2.24) is 0 Å². The van der Waals surface area contributed by atoms with Crippen molar-refractivity contribution >= 4 is 17.3 Å². The second-order valence-electron chi connectivity index (χ2n) is 3.96. The molecular weight excluding hydrogens is 218 g/mol. The second-order valence-corrected chi connectivity index (χ2v) is 3.96. The Hall–Kier alpha value is -1.75. The number of carbonyl (C=O) groups is 1. The lowest BCUT2D eigenvalue weighted by molar-refractivity contribution is -0.136. The summed E-state index contributed by atoms with van der Waals surface area (Å²) in [5.41, 5.74) is 9.27. The summed E-state index contributed by atoms with van der Waals surface area (Å²) < 4.78 is 0. The molecular formula is C12H19N3O2. The maximum Gasteiger partial charge on any atom is 0.303 e. The quantitative estimate of drug-likeness (QED) is 0.408. The molecule has 0 saturated carbocycles. The van der Waals surface area contributed by atoms with E-state index >= 15 is 0 Å². The van der Waals surface area contributed by atoms with Gasteiger partial charge >= 0.3 is 5.97 Å². The predicted octanol–water partition coefficient (Wildman–Crippen LogP) is 1.29. The van der Waals surface area contributed by atoms with E-state index < -0.39 is 5.97 Å². The average molecular weight is 237 g/mol. The molecule has 5 heteroatoms. The van der Waals surface area contributed by atoms with Gasteiger partial charge in [-0.05, 0) is 37.5 Å². The van der Waals surface area contributed by atoms with E-state index in [4.69, 9.17) is 16.7 Å². The van der Waals surface area contributed by atoms with Crippen molar-refractivity contribution in [2.24, 2.45) is 5.84 Å². The lowest BCUT2D eigenvalue weighted by Crippen LogP contribution is -2.31. The minimum atomic E-state index is -0.805. The standard InChI is InChI=1S/C12H19N3O2/c1-3-15(14)10-6-4-9(5-7-11(16)17)8(2)12(10)13/h4,6H,3,5,7,13-14H2,1-2H3,(H,16,17). The zero-order chi connectivity index (χ0) is 13.0. The number of hydrogen-bond acceptors (Lipinski definition) is 4. The van der Waals surface area contributed by atoms with Crippen LogP contribution in [0.2, 0.25) is 0 Å². The van der Waals surface area contributed by atoms with Crippen LogP contribution in [-0.2, 0) is 11.2 Å². The van der Waals surface area contributed by atoms with E-state index in [0.717, 1.165) is 16.8 Å². The number of carboxylic acids is 1. The molecule has 1 aromatic carbocycles. The molecule has 94 valence electrons. The lowest BCUT2D eigenvalue weighted by atomic mass is 10.0. The Bertz CT molecular complexity index is 418.